The lowest BCUT2D eigenvalue weighted by molar-refractivity contribution is -0.116. The summed E-state index contributed by atoms with van der Waals surface area (Å²) in [5.74, 6) is 1.28. The number of nitrogens with one attached hydrogen (secondary N) is 2. The molecule has 23 heavy (non-hydrogen) atoms. The maximum atomic E-state index is 12.1. The zero-order valence-corrected chi connectivity index (χ0v) is 13.3. The minimum Gasteiger partial charge on any atom is -0.497 e. The van der Waals surface area contributed by atoms with Crippen LogP contribution in [-0.4, -0.2) is 30.8 Å². The van der Waals surface area contributed by atoms with Crippen molar-refractivity contribution in [3.8, 4) is 5.75 Å². The number of hydrogen-bond donors (Lipinski definition) is 3. The lowest BCUT2D eigenvalue weighted by Crippen LogP contribution is -2.35. The minimum absolute atomic E-state index is 0.0993. The molecule has 0 radical (unpaired) electrons. The van der Waals surface area contributed by atoms with Crippen molar-refractivity contribution >= 4 is 11.6 Å². The number of benzene rings is 1. The first-order chi connectivity index (χ1) is 11.1. The van der Waals surface area contributed by atoms with Crippen LogP contribution in [0, 0.1) is 0 Å². The normalized spacial score (nSPS) is 13.3. The van der Waals surface area contributed by atoms with Gasteiger partial charge in [0.05, 0.1) is 26.0 Å². The van der Waals surface area contributed by atoms with E-state index in [1.54, 1.807) is 49.8 Å². The fourth-order valence-electron chi connectivity index (χ4n) is 2.28. The maximum Gasteiger partial charge on any atom is 0.225 e. The topological polar surface area (TPSA) is 83.7 Å². The average Bonchev–Trinajstić information content (AvgIpc) is 3.07. The van der Waals surface area contributed by atoms with Gasteiger partial charge in [0.2, 0.25) is 5.91 Å². The monoisotopic (exact) mass is 318 g/mol. The van der Waals surface area contributed by atoms with Crippen molar-refractivity contribution in [1.29, 1.82) is 0 Å². The number of amides is 1. The Morgan fingerprint density at radius 1 is 1.30 bits per heavy atom. The molecule has 2 aromatic rings. The van der Waals surface area contributed by atoms with Crippen molar-refractivity contribution in [1.82, 2.24) is 5.32 Å². The van der Waals surface area contributed by atoms with Crippen LogP contribution in [0.25, 0.3) is 0 Å². The number of anilines is 1. The lowest BCUT2D eigenvalue weighted by Gasteiger charge is -2.19. The molecular formula is C17H22N2O4. The van der Waals surface area contributed by atoms with Crippen LogP contribution in [0.2, 0.25) is 0 Å². The van der Waals surface area contributed by atoms with Crippen LogP contribution in [0.1, 0.15) is 25.1 Å². The molecule has 0 aliphatic rings. The number of furan rings is 1. The molecule has 0 saturated carbocycles. The molecular weight excluding hydrogens is 296 g/mol. The number of aliphatic hydroxyl groups excluding tert-OH is 1. The number of hydrogen-bond acceptors (Lipinski definition) is 5. The van der Waals surface area contributed by atoms with Crippen LogP contribution < -0.4 is 15.4 Å². The molecule has 2 unspecified atom stereocenters. The van der Waals surface area contributed by atoms with Gasteiger partial charge in [-0.1, -0.05) is 0 Å². The van der Waals surface area contributed by atoms with E-state index in [0.717, 1.165) is 5.75 Å². The molecule has 6 nitrogen and oxygen atoms in total. The van der Waals surface area contributed by atoms with Gasteiger partial charge in [-0.2, -0.15) is 0 Å². The van der Waals surface area contributed by atoms with E-state index >= 15 is 0 Å². The predicted molar refractivity (Wildman–Crippen MR) is 87.4 cm³/mol. The van der Waals surface area contributed by atoms with Gasteiger partial charge in [-0.25, -0.2) is 0 Å². The Kier molecular flexibility index (Phi) is 6.19. The summed E-state index contributed by atoms with van der Waals surface area (Å²) in [6.07, 6.45) is 1.84. The molecule has 2 atom stereocenters. The minimum atomic E-state index is -0.325. The summed E-state index contributed by atoms with van der Waals surface area (Å²) in [5, 5.41) is 15.4. The molecule has 0 spiro atoms. The second kappa shape index (κ2) is 8.36. The SMILES string of the molecule is COc1ccc(NC(=O)CC(C)NC(CO)c2ccco2)cc1. The zero-order valence-electron chi connectivity index (χ0n) is 13.3. The number of carbonyl (C=O) groups is 1. The molecule has 2 rings (SSSR count). The summed E-state index contributed by atoms with van der Waals surface area (Å²) in [6, 6.07) is 10.3. The molecule has 3 N–H and O–H groups in total. The second-order valence-electron chi connectivity index (χ2n) is 5.30. The van der Waals surface area contributed by atoms with Crippen LogP contribution in [0.5, 0.6) is 5.75 Å². The standard InChI is InChI=1S/C17H22N2O4/c1-12(18-15(11-20)16-4-3-9-23-16)10-17(21)19-13-5-7-14(22-2)8-6-13/h3-9,12,15,18,20H,10-11H2,1-2H3,(H,19,21). The molecule has 0 aliphatic heterocycles. The van der Waals surface area contributed by atoms with Crippen molar-refractivity contribution < 1.29 is 19.1 Å². The Balaban J connectivity index is 1.83. The van der Waals surface area contributed by atoms with Crippen molar-refractivity contribution in [2.75, 3.05) is 19.0 Å². The summed E-state index contributed by atoms with van der Waals surface area (Å²) in [7, 11) is 1.59. The van der Waals surface area contributed by atoms with E-state index < -0.39 is 0 Å². The number of carbonyl (C=O) groups excluding carboxylic acids is 1. The maximum absolute atomic E-state index is 12.1. The first kappa shape index (κ1) is 17.1. The number of rotatable bonds is 8. The third-order valence-electron chi connectivity index (χ3n) is 3.42. The fraction of sp³-hybridized carbons (Fsp3) is 0.353. The van der Waals surface area contributed by atoms with Gasteiger partial charge in [0.1, 0.15) is 11.5 Å². The molecule has 124 valence electrons. The van der Waals surface area contributed by atoms with E-state index in [-0.39, 0.29) is 31.0 Å². The first-order valence-electron chi connectivity index (χ1n) is 7.46. The van der Waals surface area contributed by atoms with Gasteiger partial charge in [-0.3, -0.25) is 4.79 Å². The number of methoxy groups -OCH3 is 1. The highest BCUT2D eigenvalue weighted by molar-refractivity contribution is 5.91. The summed E-state index contributed by atoms with van der Waals surface area (Å²) in [6.45, 7) is 1.79. The van der Waals surface area contributed by atoms with E-state index in [1.807, 2.05) is 6.92 Å². The summed E-state index contributed by atoms with van der Waals surface area (Å²) in [5.41, 5.74) is 0.716. The number of ether oxygens (including phenoxy) is 1. The van der Waals surface area contributed by atoms with Crippen molar-refractivity contribution in [2.24, 2.45) is 0 Å². The molecule has 0 aliphatic carbocycles. The Bertz CT molecular complexity index is 596. The molecule has 0 fully saturated rings. The van der Waals surface area contributed by atoms with Gasteiger partial charge in [0.25, 0.3) is 0 Å². The van der Waals surface area contributed by atoms with Crippen LogP contribution in [0.3, 0.4) is 0 Å². The third kappa shape index (κ3) is 5.12. The van der Waals surface area contributed by atoms with Crippen LogP contribution in [-0.2, 0) is 4.79 Å². The average molecular weight is 318 g/mol. The van der Waals surface area contributed by atoms with Crippen LogP contribution in [0.4, 0.5) is 5.69 Å². The van der Waals surface area contributed by atoms with Crippen LogP contribution in [0.15, 0.2) is 47.1 Å². The molecule has 0 saturated heterocycles. The van der Waals surface area contributed by atoms with E-state index in [4.69, 9.17) is 9.15 Å². The smallest absolute Gasteiger partial charge is 0.225 e. The van der Waals surface area contributed by atoms with Crippen LogP contribution >= 0.6 is 0 Å². The van der Waals surface area contributed by atoms with Crippen molar-refractivity contribution in [3.63, 3.8) is 0 Å². The summed E-state index contributed by atoms with van der Waals surface area (Å²) >= 11 is 0. The molecule has 1 aromatic carbocycles. The first-order valence-corrected chi connectivity index (χ1v) is 7.46. The lowest BCUT2D eigenvalue weighted by atomic mass is 10.1. The van der Waals surface area contributed by atoms with Gasteiger partial charge in [-0.05, 0) is 43.3 Å². The Morgan fingerprint density at radius 2 is 2.04 bits per heavy atom. The molecule has 1 amide bonds. The second-order valence-corrected chi connectivity index (χ2v) is 5.30. The fourth-order valence-corrected chi connectivity index (χ4v) is 2.28. The quantitative estimate of drug-likeness (QED) is 0.696. The predicted octanol–water partition coefficient (Wildman–Crippen LogP) is 2.33. The Labute approximate surface area is 135 Å². The highest BCUT2D eigenvalue weighted by atomic mass is 16.5. The highest BCUT2D eigenvalue weighted by Crippen LogP contribution is 2.16. The van der Waals surface area contributed by atoms with Gasteiger partial charge in [0, 0.05) is 18.2 Å². The largest absolute Gasteiger partial charge is 0.497 e. The van der Waals surface area contributed by atoms with Gasteiger partial charge in [-0.15, -0.1) is 0 Å². The highest BCUT2D eigenvalue weighted by Gasteiger charge is 2.17. The van der Waals surface area contributed by atoms with Gasteiger partial charge >= 0.3 is 0 Å². The Hall–Kier alpha value is -2.31. The van der Waals surface area contributed by atoms with Gasteiger partial charge < -0.3 is 24.9 Å². The van der Waals surface area contributed by atoms with E-state index in [9.17, 15) is 9.90 Å². The van der Waals surface area contributed by atoms with Crippen molar-refractivity contribution in [3.05, 3.63) is 48.4 Å². The number of aliphatic hydroxyl groups is 1. The molecule has 1 heterocycles. The third-order valence-corrected chi connectivity index (χ3v) is 3.42. The van der Waals surface area contributed by atoms with E-state index in [0.29, 0.717) is 11.4 Å². The zero-order chi connectivity index (χ0) is 16.7. The summed E-state index contributed by atoms with van der Waals surface area (Å²) < 4.78 is 10.3. The Morgan fingerprint density at radius 3 is 2.61 bits per heavy atom. The molecule has 1 aromatic heterocycles. The van der Waals surface area contributed by atoms with Gasteiger partial charge in [0.15, 0.2) is 0 Å². The molecule has 0 bridgehead atoms. The summed E-state index contributed by atoms with van der Waals surface area (Å²) in [4.78, 5) is 12.1. The molecule has 6 heteroatoms. The van der Waals surface area contributed by atoms with Crippen molar-refractivity contribution in [2.45, 2.75) is 25.4 Å². The van der Waals surface area contributed by atoms with E-state index in [1.165, 1.54) is 0 Å². The van der Waals surface area contributed by atoms with E-state index in [2.05, 4.69) is 10.6 Å².